The summed E-state index contributed by atoms with van der Waals surface area (Å²) in [7, 11) is 0. The summed E-state index contributed by atoms with van der Waals surface area (Å²) < 4.78 is 0.914. The summed E-state index contributed by atoms with van der Waals surface area (Å²) in [6.45, 7) is 1.29. The third-order valence-corrected chi connectivity index (χ3v) is 4.84. The third kappa shape index (κ3) is 3.13. The number of aliphatic imine (C=N–C) groups is 1. The van der Waals surface area contributed by atoms with Crippen LogP contribution in [-0.4, -0.2) is 35.8 Å². The Hall–Kier alpha value is -1.34. The maximum atomic E-state index is 12.4. The normalized spacial score (nSPS) is 21.6. The first kappa shape index (κ1) is 14.6. The summed E-state index contributed by atoms with van der Waals surface area (Å²) in [5.41, 5.74) is 0.817. The Morgan fingerprint density at radius 3 is 3.05 bits per heavy atom. The Morgan fingerprint density at radius 2 is 2.33 bits per heavy atom. The van der Waals surface area contributed by atoms with Crippen LogP contribution in [0.4, 0.5) is 5.69 Å². The second-order valence-electron chi connectivity index (χ2n) is 4.84. The molecule has 2 heterocycles. The first-order chi connectivity index (χ1) is 10.1. The van der Waals surface area contributed by atoms with E-state index in [2.05, 4.69) is 26.2 Å². The van der Waals surface area contributed by atoms with Crippen molar-refractivity contribution >= 4 is 50.4 Å². The molecule has 1 aromatic rings. The molecule has 0 aromatic heterocycles. The molecule has 7 heteroatoms. The van der Waals surface area contributed by atoms with Crippen LogP contribution in [-0.2, 0) is 9.59 Å². The average Bonchev–Trinajstić information content (AvgIpc) is 3.08. The van der Waals surface area contributed by atoms with Crippen molar-refractivity contribution in [2.24, 2.45) is 10.9 Å². The zero-order valence-electron chi connectivity index (χ0n) is 11.2. The molecule has 1 unspecified atom stereocenters. The number of halogens is 1. The topological polar surface area (TPSA) is 61.8 Å². The molecule has 0 bridgehead atoms. The Balaban J connectivity index is 1.69. The van der Waals surface area contributed by atoms with Crippen molar-refractivity contribution in [1.82, 2.24) is 5.32 Å². The Kier molecular flexibility index (Phi) is 4.30. The highest BCUT2D eigenvalue weighted by molar-refractivity contribution is 9.10. The molecule has 0 spiro atoms. The first-order valence-corrected chi connectivity index (χ1v) is 8.48. The van der Waals surface area contributed by atoms with Crippen LogP contribution in [0.5, 0.6) is 0 Å². The van der Waals surface area contributed by atoms with Gasteiger partial charge >= 0.3 is 0 Å². The van der Waals surface area contributed by atoms with Crippen molar-refractivity contribution in [3.05, 3.63) is 28.7 Å². The lowest BCUT2D eigenvalue weighted by Crippen LogP contribution is -2.38. The number of thioether (sulfide) groups is 1. The fourth-order valence-electron chi connectivity index (χ4n) is 2.43. The molecule has 21 heavy (non-hydrogen) atoms. The second-order valence-corrected chi connectivity index (χ2v) is 6.83. The lowest BCUT2D eigenvalue weighted by molar-refractivity contribution is -0.131. The molecule has 1 atom stereocenters. The number of carbonyl (C=O) groups excluding carboxylic acids is 2. The molecule has 3 rings (SSSR count). The molecule has 0 aliphatic carbocycles. The minimum atomic E-state index is -0.618. The van der Waals surface area contributed by atoms with Crippen molar-refractivity contribution in [3.63, 3.8) is 0 Å². The number of hydrogen-bond acceptors (Lipinski definition) is 4. The van der Waals surface area contributed by atoms with Gasteiger partial charge in [0.1, 0.15) is 5.92 Å². The second kappa shape index (κ2) is 6.19. The minimum absolute atomic E-state index is 0.144. The molecule has 110 valence electrons. The van der Waals surface area contributed by atoms with Crippen LogP contribution in [0.25, 0.3) is 0 Å². The number of rotatable bonds is 2. The van der Waals surface area contributed by atoms with Gasteiger partial charge in [0.2, 0.25) is 11.8 Å². The van der Waals surface area contributed by atoms with Crippen molar-refractivity contribution < 1.29 is 9.59 Å². The van der Waals surface area contributed by atoms with E-state index in [0.717, 1.165) is 22.5 Å². The van der Waals surface area contributed by atoms with Gasteiger partial charge in [-0.05, 0) is 24.6 Å². The number of carbonyl (C=O) groups is 2. The Morgan fingerprint density at radius 1 is 1.48 bits per heavy atom. The van der Waals surface area contributed by atoms with Crippen LogP contribution >= 0.6 is 27.7 Å². The molecule has 2 amide bonds. The summed E-state index contributed by atoms with van der Waals surface area (Å²) in [4.78, 5) is 30.5. The predicted octanol–water partition coefficient (Wildman–Crippen LogP) is 2.02. The number of anilines is 1. The van der Waals surface area contributed by atoms with E-state index in [-0.39, 0.29) is 11.8 Å². The number of amides is 2. The van der Waals surface area contributed by atoms with Gasteiger partial charge in [0.15, 0.2) is 5.17 Å². The molecule has 2 aliphatic rings. The lowest BCUT2D eigenvalue weighted by atomic mass is 10.1. The van der Waals surface area contributed by atoms with Crippen molar-refractivity contribution in [1.29, 1.82) is 0 Å². The van der Waals surface area contributed by atoms with E-state index in [1.54, 1.807) is 4.90 Å². The summed E-state index contributed by atoms with van der Waals surface area (Å²) in [5.74, 6) is -0.119. The fourth-order valence-corrected chi connectivity index (χ4v) is 3.55. The van der Waals surface area contributed by atoms with Gasteiger partial charge in [0.25, 0.3) is 0 Å². The van der Waals surface area contributed by atoms with Gasteiger partial charge in [-0.2, -0.15) is 0 Å². The van der Waals surface area contributed by atoms with Crippen LogP contribution < -0.4 is 10.2 Å². The molecule has 0 radical (unpaired) electrons. The zero-order valence-corrected chi connectivity index (χ0v) is 13.6. The monoisotopic (exact) mass is 367 g/mol. The van der Waals surface area contributed by atoms with E-state index < -0.39 is 5.92 Å². The van der Waals surface area contributed by atoms with Crippen molar-refractivity contribution in [2.45, 2.75) is 6.42 Å². The summed E-state index contributed by atoms with van der Waals surface area (Å²) in [5, 5.41) is 3.38. The molecule has 2 aliphatic heterocycles. The Bertz CT molecular complexity index is 620. The van der Waals surface area contributed by atoms with Gasteiger partial charge in [0, 0.05) is 22.5 Å². The van der Waals surface area contributed by atoms with Crippen LogP contribution in [0.2, 0.25) is 0 Å². The lowest BCUT2D eigenvalue weighted by Gasteiger charge is -2.17. The van der Waals surface area contributed by atoms with E-state index in [9.17, 15) is 9.59 Å². The van der Waals surface area contributed by atoms with Crippen LogP contribution in [0.3, 0.4) is 0 Å². The smallest absolute Gasteiger partial charge is 0.239 e. The summed E-state index contributed by atoms with van der Waals surface area (Å²) >= 11 is 4.91. The SMILES string of the molecule is O=C(NC1=NCCS1)C1CCN(c2cccc(Br)c2)C1=O. The van der Waals surface area contributed by atoms with E-state index in [1.165, 1.54) is 11.8 Å². The number of hydrogen-bond donors (Lipinski definition) is 1. The molecule has 0 saturated carbocycles. The first-order valence-electron chi connectivity index (χ1n) is 6.70. The molecule has 5 nitrogen and oxygen atoms in total. The summed E-state index contributed by atoms with van der Waals surface area (Å²) in [6.07, 6.45) is 0.537. The van der Waals surface area contributed by atoms with Crippen LogP contribution in [0, 0.1) is 5.92 Å². The van der Waals surface area contributed by atoms with Crippen LogP contribution in [0.1, 0.15) is 6.42 Å². The highest BCUT2D eigenvalue weighted by Gasteiger charge is 2.38. The van der Waals surface area contributed by atoms with Gasteiger partial charge in [-0.1, -0.05) is 33.8 Å². The number of nitrogens with one attached hydrogen (secondary N) is 1. The van der Waals surface area contributed by atoms with Gasteiger partial charge in [-0.25, -0.2) is 0 Å². The molecule has 1 saturated heterocycles. The standard InChI is InChI=1S/C14H14BrN3O2S/c15-9-2-1-3-10(8-9)18-6-4-11(13(18)20)12(19)17-14-16-5-7-21-14/h1-3,8,11H,4-7H2,(H,16,17,19). The van der Waals surface area contributed by atoms with Gasteiger partial charge < -0.3 is 10.2 Å². The molecule has 1 aromatic carbocycles. The van der Waals surface area contributed by atoms with E-state index in [0.29, 0.717) is 18.1 Å². The third-order valence-electron chi connectivity index (χ3n) is 3.46. The van der Waals surface area contributed by atoms with Gasteiger partial charge in [-0.3, -0.25) is 14.6 Å². The highest BCUT2D eigenvalue weighted by Crippen LogP contribution is 2.27. The quantitative estimate of drug-likeness (QED) is 0.813. The van der Waals surface area contributed by atoms with Gasteiger partial charge in [-0.15, -0.1) is 0 Å². The largest absolute Gasteiger partial charge is 0.312 e. The number of benzene rings is 1. The van der Waals surface area contributed by atoms with Crippen LogP contribution in [0.15, 0.2) is 33.7 Å². The molecular weight excluding hydrogens is 354 g/mol. The number of amidine groups is 1. The molecule has 1 N–H and O–H groups in total. The van der Waals surface area contributed by atoms with E-state index >= 15 is 0 Å². The summed E-state index contributed by atoms with van der Waals surface area (Å²) in [6, 6.07) is 7.54. The van der Waals surface area contributed by atoms with E-state index in [1.807, 2.05) is 24.3 Å². The average molecular weight is 368 g/mol. The van der Waals surface area contributed by atoms with E-state index in [4.69, 9.17) is 0 Å². The highest BCUT2D eigenvalue weighted by atomic mass is 79.9. The molecular formula is C14H14BrN3O2S. The van der Waals surface area contributed by atoms with Gasteiger partial charge in [0.05, 0.1) is 6.54 Å². The van der Waals surface area contributed by atoms with Crippen molar-refractivity contribution in [2.75, 3.05) is 23.7 Å². The van der Waals surface area contributed by atoms with Crippen molar-refractivity contribution in [3.8, 4) is 0 Å². The predicted molar refractivity (Wildman–Crippen MR) is 87.5 cm³/mol. The Labute approximate surface area is 135 Å². The maximum absolute atomic E-state index is 12.4. The minimum Gasteiger partial charge on any atom is -0.312 e. The maximum Gasteiger partial charge on any atom is 0.239 e. The fraction of sp³-hybridized carbons (Fsp3) is 0.357. The number of nitrogens with zero attached hydrogens (tertiary/aromatic N) is 2. The molecule has 1 fully saturated rings. The zero-order chi connectivity index (χ0) is 14.8.